The lowest BCUT2D eigenvalue weighted by Gasteiger charge is -2.31. The van der Waals surface area contributed by atoms with Crippen molar-refractivity contribution in [2.75, 3.05) is 36.5 Å². The van der Waals surface area contributed by atoms with E-state index in [0.29, 0.717) is 31.9 Å². The fourth-order valence-electron chi connectivity index (χ4n) is 3.40. The van der Waals surface area contributed by atoms with Crippen LogP contribution in [-0.2, 0) is 15.7 Å². The zero-order valence-electron chi connectivity index (χ0n) is 20.0. The van der Waals surface area contributed by atoms with E-state index in [1.165, 1.54) is 24.5 Å². The number of aryl methyl sites for hydroxylation is 1. The molecule has 0 radical (unpaired) electrons. The highest BCUT2D eigenvalue weighted by Gasteiger charge is 2.35. The summed E-state index contributed by atoms with van der Waals surface area (Å²) in [5, 5.41) is 2.54. The number of nitrogens with one attached hydrogen (secondary N) is 1. The van der Waals surface area contributed by atoms with Gasteiger partial charge in [0.25, 0.3) is 5.91 Å². The molecule has 1 aliphatic heterocycles. The highest BCUT2D eigenvalue weighted by molar-refractivity contribution is 6.04. The van der Waals surface area contributed by atoms with Gasteiger partial charge >= 0.3 is 6.18 Å². The zero-order chi connectivity index (χ0) is 26.8. The topological polar surface area (TPSA) is 110 Å². The van der Waals surface area contributed by atoms with Crippen molar-refractivity contribution >= 4 is 29.3 Å². The normalized spacial score (nSPS) is 13.6. The number of hydrogen-bond donors (Lipinski definition) is 2. The number of nitrogens with zero attached hydrogens (tertiary/aromatic N) is 3. The van der Waals surface area contributed by atoms with Crippen LogP contribution in [0.1, 0.15) is 27.0 Å². The third-order valence-electron chi connectivity index (χ3n) is 5.25. The van der Waals surface area contributed by atoms with E-state index in [0.717, 1.165) is 17.2 Å². The first kappa shape index (κ1) is 27.3. The molecule has 3 N–H and O–H groups in total. The SMILES string of the molecule is Cc1ccc(C(=O)Nc2ccc(N3CCOCC3)c(C(F)(F)F)c2)cc1.NC(=O)C=Cc1cncnc1. The average molecular weight is 514 g/mol. The van der Waals surface area contributed by atoms with Crippen molar-refractivity contribution in [3.05, 3.63) is 89.5 Å². The van der Waals surface area contributed by atoms with Crippen LogP contribution in [0, 0.1) is 6.92 Å². The second-order valence-corrected chi connectivity index (χ2v) is 8.06. The molecule has 1 saturated heterocycles. The molecule has 1 fully saturated rings. The van der Waals surface area contributed by atoms with Crippen LogP contribution in [0.2, 0.25) is 0 Å². The fourth-order valence-corrected chi connectivity index (χ4v) is 3.40. The van der Waals surface area contributed by atoms with Crippen LogP contribution < -0.4 is 16.0 Å². The van der Waals surface area contributed by atoms with Gasteiger partial charge in [-0.15, -0.1) is 0 Å². The van der Waals surface area contributed by atoms with Gasteiger partial charge in [-0.1, -0.05) is 17.7 Å². The van der Waals surface area contributed by atoms with E-state index in [1.807, 2.05) is 6.92 Å². The first-order valence-electron chi connectivity index (χ1n) is 11.3. The van der Waals surface area contributed by atoms with Gasteiger partial charge in [-0.3, -0.25) is 9.59 Å². The van der Waals surface area contributed by atoms with Gasteiger partial charge in [-0.05, 0) is 43.3 Å². The van der Waals surface area contributed by atoms with Gasteiger partial charge in [-0.25, -0.2) is 9.97 Å². The molecule has 2 aromatic carbocycles. The number of hydrogen-bond acceptors (Lipinski definition) is 6. The molecule has 1 aromatic heterocycles. The molecule has 2 heterocycles. The first-order valence-corrected chi connectivity index (χ1v) is 11.3. The Morgan fingerprint density at radius 1 is 1.05 bits per heavy atom. The summed E-state index contributed by atoms with van der Waals surface area (Å²) in [5.74, 6) is -0.925. The van der Waals surface area contributed by atoms with Gasteiger partial charge in [0.05, 0.1) is 18.8 Å². The first-order chi connectivity index (χ1) is 17.6. The summed E-state index contributed by atoms with van der Waals surface area (Å²) in [7, 11) is 0. The van der Waals surface area contributed by atoms with Crippen LogP contribution in [0.15, 0.2) is 67.3 Å². The molecule has 4 rings (SSSR count). The smallest absolute Gasteiger partial charge is 0.378 e. The van der Waals surface area contributed by atoms with Crippen LogP contribution in [-0.4, -0.2) is 48.1 Å². The number of halogens is 3. The summed E-state index contributed by atoms with van der Waals surface area (Å²) >= 11 is 0. The number of carbonyl (C=O) groups is 2. The maximum atomic E-state index is 13.5. The number of anilines is 2. The average Bonchev–Trinajstić information content (AvgIpc) is 2.89. The van der Waals surface area contributed by atoms with E-state index >= 15 is 0 Å². The van der Waals surface area contributed by atoms with Crippen molar-refractivity contribution in [1.29, 1.82) is 0 Å². The van der Waals surface area contributed by atoms with E-state index in [4.69, 9.17) is 10.5 Å². The van der Waals surface area contributed by atoms with Crippen LogP contribution in [0.3, 0.4) is 0 Å². The Bertz CT molecular complexity index is 1230. The van der Waals surface area contributed by atoms with Crippen molar-refractivity contribution in [3.63, 3.8) is 0 Å². The number of primary amides is 1. The fraction of sp³-hybridized carbons (Fsp3) is 0.231. The number of carbonyl (C=O) groups excluding carboxylic acids is 2. The van der Waals surface area contributed by atoms with Crippen molar-refractivity contribution in [1.82, 2.24) is 9.97 Å². The van der Waals surface area contributed by atoms with Gasteiger partial charge in [0.2, 0.25) is 5.91 Å². The number of amides is 2. The largest absolute Gasteiger partial charge is 0.418 e. The molecule has 194 valence electrons. The van der Waals surface area contributed by atoms with Crippen molar-refractivity contribution in [3.8, 4) is 0 Å². The van der Waals surface area contributed by atoms with Gasteiger partial charge in [0.1, 0.15) is 6.33 Å². The Hall–Kier alpha value is -4.25. The quantitative estimate of drug-likeness (QED) is 0.498. The Labute approximate surface area is 212 Å². The van der Waals surface area contributed by atoms with Crippen molar-refractivity contribution in [2.45, 2.75) is 13.1 Å². The monoisotopic (exact) mass is 513 g/mol. The van der Waals surface area contributed by atoms with E-state index in [2.05, 4.69) is 15.3 Å². The second-order valence-electron chi connectivity index (χ2n) is 8.06. The lowest BCUT2D eigenvalue weighted by molar-refractivity contribution is -0.137. The van der Waals surface area contributed by atoms with E-state index in [-0.39, 0.29) is 11.4 Å². The van der Waals surface area contributed by atoms with Crippen LogP contribution in [0.25, 0.3) is 6.08 Å². The minimum Gasteiger partial charge on any atom is -0.378 e. The Morgan fingerprint density at radius 2 is 1.70 bits per heavy atom. The number of alkyl halides is 3. The molecule has 1 aliphatic rings. The second kappa shape index (κ2) is 12.6. The summed E-state index contributed by atoms with van der Waals surface area (Å²) in [6, 6.07) is 10.7. The highest BCUT2D eigenvalue weighted by Crippen LogP contribution is 2.38. The maximum absolute atomic E-state index is 13.5. The number of aromatic nitrogens is 2. The molecule has 0 bridgehead atoms. The summed E-state index contributed by atoms with van der Waals surface area (Å²) in [4.78, 5) is 31.7. The van der Waals surface area contributed by atoms with Crippen LogP contribution in [0.5, 0.6) is 0 Å². The summed E-state index contributed by atoms with van der Waals surface area (Å²) in [5.41, 5.74) is 6.47. The summed E-state index contributed by atoms with van der Waals surface area (Å²) in [6.07, 6.45) is 2.90. The van der Waals surface area contributed by atoms with Crippen molar-refractivity contribution < 1.29 is 27.5 Å². The number of benzene rings is 2. The van der Waals surface area contributed by atoms with Crippen LogP contribution in [0.4, 0.5) is 24.5 Å². The van der Waals surface area contributed by atoms with Gasteiger partial charge < -0.3 is 20.7 Å². The van der Waals surface area contributed by atoms with E-state index in [9.17, 15) is 22.8 Å². The van der Waals surface area contributed by atoms with Crippen LogP contribution >= 0.6 is 0 Å². The molecule has 0 atom stereocenters. The molecule has 0 spiro atoms. The zero-order valence-corrected chi connectivity index (χ0v) is 20.0. The summed E-state index contributed by atoms with van der Waals surface area (Å²) in [6.45, 7) is 3.48. The minimum atomic E-state index is -4.52. The van der Waals surface area contributed by atoms with Gasteiger partial charge in [-0.2, -0.15) is 13.2 Å². The molecule has 8 nitrogen and oxygen atoms in total. The Kier molecular flexibility index (Phi) is 9.33. The molecule has 2 amide bonds. The lowest BCUT2D eigenvalue weighted by Crippen LogP contribution is -2.37. The highest BCUT2D eigenvalue weighted by atomic mass is 19.4. The molecule has 11 heteroatoms. The lowest BCUT2D eigenvalue weighted by atomic mass is 10.1. The Balaban J connectivity index is 0.000000289. The molecule has 0 saturated carbocycles. The minimum absolute atomic E-state index is 0.106. The molecule has 3 aromatic rings. The standard InChI is InChI=1S/C19H19F3N2O2.C7H7N3O/c1-13-2-4-14(5-3-13)18(25)23-15-6-7-17(16(12-15)19(20,21)22)24-8-10-26-11-9-24;8-7(11)2-1-6-3-9-5-10-4-6/h2-7,12H,8-11H2,1H3,(H,23,25);1-5H,(H2,8,11). The number of ether oxygens (including phenoxy) is 1. The predicted octanol–water partition coefficient (Wildman–Crippen LogP) is 4.08. The third kappa shape index (κ3) is 8.43. The molecular formula is C26H26F3N5O3. The van der Waals surface area contributed by atoms with Crippen molar-refractivity contribution in [2.24, 2.45) is 5.73 Å². The Morgan fingerprint density at radius 3 is 2.30 bits per heavy atom. The number of rotatable bonds is 5. The third-order valence-corrected chi connectivity index (χ3v) is 5.25. The van der Waals surface area contributed by atoms with Gasteiger partial charge in [0, 0.05) is 54.1 Å². The van der Waals surface area contributed by atoms with Gasteiger partial charge in [0.15, 0.2) is 0 Å². The molecule has 37 heavy (non-hydrogen) atoms. The summed E-state index contributed by atoms with van der Waals surface area (Å²) < 4.78 is 45.8. The molecule has 0 unspecified atom stereocenters. The molecule has 0 aliphatic carbocycles. The predicted molar refractivity (Wildman–Crippen MR) is 134 cm³/mol. The number of nitrogens with two attached hydrogens (primary N) is 1. The maximum Gasteiger partial charge on any atom is 0.418 e. The number of morpholine rings is 1. The van der Waals surface area contributed by atoms with E-state index in [1.54, 1.807) is 47.6 Å². The van der Waals surface area contributed by atoms with E-state index < -0.39 is 23.6 Å². The molecular weight excluding hydrogens is 487 g/mol.